The third-order valence-electron chi connectivity index (χ3n) is 31.4. The molecule has 704 valence electrons. The molecule has 0 N–H and O–H groups in total. The van der Waals surface area contributed by atoms with Crippen LogP contribution in [0.5, 0.6) is 0 Å². The zero-order chi connectivity index (χ0) is 99.9. The third-order valence-corrected chi connectivity index (χ3v) is 31.4. The van der Waals surface area contributed by atoms with Crippen LogP contribution in [-0.4, -0.2) is 0 Å². The van der Waals surface area contributed by atoms with E-state index in [1.807, 2.05) is 0 Å². The van der Waals surface area contributed by atoms with Gasteiger partial charge in [-0.3, -0.25) is 0 Å². The Balaban J connectivity index is 0.000000148. The molecule has 28 aromatic rings. The zero-order valence-corrected chi connectivity index (χ0v) is 85.4. The van der Waals surface area contributed by atoms with Crippen molar-refractivity contribution in [2.45, 2.75) is 83.1 Å². The average Bonchev–Trinajstić information content (AvgIpc) is 1.52. The van der Waals surface area contributed by atoms with Gasteiger partial charge in [0.25, 0.3) is 0 Å². The lowest BCUT2D eigenvalue weighted by atomic mass is 9.86. The van der Waals surface area contributed by atoms with Crippen LogP contribution in [0.4, 0.5) is 68.2 Å². The van der Waals surface area contributed by atoms with Gasteiger partial charge in [-0.15, -0.1) is 0 Å². The highest BCUT2D eigenvalue weighted by atomic mass is 15.2. The van der Waals surface area contributed by atoms with E-state index in [2.05, 4.69) is 539 Å². The van der Waals surface area contributed by atoms with Gasteiger partial charge in [-0.05, 0) is 435 Å². The first-order valence-corrected chi connectivity index (χ1v) is 52.0. The summed E-state index contributed by atoms with van der Waals surface area (Å²) in [6.45, 7) is 26.4. The van der Waals surface area contributed by atoms with Crippen LogP contribution in [0.15, 0.2) is 437 Å². The Hall–Kier alpha value is -18.0. The highest BCUT2D eigenvalue weighted by Crippen LogP contribution is 2.62. The first-order valence-electron chi connectivity index (χ1n) is 52.0. The summed E-state index contributed by atoms with van der Waals surface area (Å²) < 4.78 is 0. The van der Waals surface area contributed by atoms with Crippen molar-refractivity contribution < 1.29 is 0 Å². The summed E-state index contributed by atoms with van der Waals surface area (Å²) in [5.41, 5.74) is 38.8. The van der Waals surface area contributed by atoms with Crippen LogP contribution in [0.2, 0.25) is 0 Å². The van der Waals surface area contributed by atoms with E-state index in [4.69, 9.17) is 0 Å². The Morgan fingerprint density at radius 3 is 0.561 bits per heavy atom. The highest BCUT2D eigenvalue weighted by molar-refractivity contribution is 6.50. The summed E-state index contributed by atoms with van der Waals surface area (Å²) in [6.07, 6.45) is 0. The number of anilines is 12. The number of aryl methyl sites for hydroxylation is 12. The molecule has 0 unspecified atom stereocenters. The minimum Gasteiger partial charge on any atom is -0.310 e. The largest absolute Gasteiger partial charge is 0.310 e. The van der Waals surface area contributed by atoms with E-state index >= 15 is 0 Å². The normalized spacial score (nSPS) is 11.9. The van der Waals surface area contributed by atoms with E-state index in [-0.39, 0.29) is 0 Å². The second-order valence-electron chi connectivity index (χ2n) is 41.9. The maximum atomic E-state index is 2.51. The minimum absolute atomic E-state index is 1.14. The Kier molecular flexibility index (Phi) is 21.0. The molecular weight excluding hydrogens is 1790 g/mol. The van der Waals surface area contributed by atoms with Gasteiger partial charge in [0.05, 0.1) is 22.7 Å². The topological polar surface area (TPSA) is 13.0 Å². The fourth-order valence-corrected chi connectivity index (χ4v) is 25.5. The molecule has 0 bridgehead atoms. The van der Waals surface area contributed by atoms with Crippen molar-refractivity contribution in [3.05, 3.63) is 504 Å². The fraction of sp³-hybridized carbons (Fsp3) is 0.0833. The van der Waals surface area contributed by atoms with Crippen molar-refractivity contribution in [3.63, 3.8) is 0 Å². The lowest BCUT2D eigenvalue weighted by Gasteiger charge is -2.28. The van der Waals surface area contributed by atoms with E-state index in [1.54, 1.807) is 0 Å². The Morgan fingerprint density at radius 2 is 0.318 bits per heavy atom. The van der Waals surface area contributed by atoms with Gasteiger partial charge in [0, 0.05) is 67.0 Å². The number of hydrogen-bond acceptors (Lipinski definition) is 4. The summed E-state index contributed by atoms with van der Waals surface area (Å²) in [5.74, 6) is 0. The molecule has 0 fully saturated rings. The number of benzene rings is 24. The fourth-order valence-electron chi connectivity index (χ4n) is 25.5. The molecule has 148 heavy (non-hydrogen) atoms. The maximum absolute atomic E-state index is 2.51. The Labute approximate surface area is 863 Å². The van der Waals surface area contributed by atoms with Crippen LogP contribution in [0, 0.1) is 83.1 Å². The second-order valence-corrected chi connectivity index (χ2v) is 41.9. The average molecular weight is 1890 g/mol. The van der Waals surface area contributed by atoms with Gasteiger partial charge in [0.1, 0.15) is 0 Å². The maximum Gasteiger partial charge on any atom is 0.0540 e. The van der Waals surface area contributed by atoms with Gasteiger partial charge in [0.15, 0.2) is 0 Å². The van der Waals surface area contributed by atoms with Gasteiger partial charge in [0.2, 0.25) is 0 Å². The van der Waals surface area contributed by atoms with E-state index in [9.17, 15) is 0 Å². The van der Waals surface area contributed by atoms with E-state index in [0.717, 1.165) is 56.9 Å². The summed E-state index contributed by atoms with van der Waals surface area (Å²) in [7, 11) is 0. The van der Waals surface area contributed by atoms with Crippen molar-refractivity contribution in [1.82, 2.24) is 0 Å². The van der Waals surface area contributed by atoms with E-state index in [0.29, 0.717) is 0 Å². The predicted octanol–water partition coefficient (Wildman–Crippen LogP) is 41.5. The van der Waals surface area contributed by atoms with Crippen LogP contribution >= 0.6 is 0 Å². The molecule has 0 amide bonds. The molecule has 28 rings (SSSR count). The van der Waals surface area contributed by atoms with Gasteiger partial charge in [-0.25, -0.2) is 0 Å². The number of rotatable bonds is 16. The molecule has 0 saturated heterocycles. The lowest BCUT2D eigenvalue weighted by molar-refractivity contribution is 1.24. The Bertz CT molecular complexity index is 9250. The summed E-state index contributed by atoms with van der Waals surface area (Å²) in [6, 6.07) is 165. The molecule has 0 heterocycles. The van der Waals surface area contributed by atoms with Gasteiger partial charge < -0.3 is 19.6 Å². The van der Waals surface area contributed by atoms with Crippen molar-refractivity contribution in [3.8, 4) is 44.5 Å². The van der Waals surface area contributed by atoms with Gasteiger partial charge >= 0.3 is 0 Å². The molecule has 0 aliphatic heterocycles. The molecule has 4 heteroatoms. The van der Waals surface area contributed by atoms with Crippen molar-refractivity contribution in [2.24, 2.45) is 0 Å². The van der Waals surface area contributed by atoms with Crippen molar-refractivity contribution in [2.75, 3.05) is 19.6 Å². The first-order chi connectivity index (χ1) is 72.3. The lowest BCUT2D eigenvalue weighted by Crippen LogP contribution is -2.11. The second kappa shape index (κ2) is 34.9. The first kappa shape index (κ1) is 88.9. The molecule has 4 nitrogen and oxygen atoms in total. The molecule has 0 atom stereocenters. The highest BCUT2D eigenvalue weighted by Gasteiger charge is 2.35. The molecule has 0 aliphatic rings. The molecule has 0 saturated carbocycles. The SMILES string of the molecule is Cc1cc(C)cc(N(c2cc(C)cc(C)c2)c2ccc3c4c(-c5ccc6ccccc6c5)c5c6cccc7c(N(c8cc(C)cc(C)c8)c8cc(C)cc(C)c8)ccc(c5c(-c5ccc8ccccc8c5)c4c4cccc2c43)c76)c1.Cc1ccc(N(c2ccc(C)cc2)c2ccc3c4c(-c5ccccc5)c5c6cccc7c(N(c8ccc(C)cc8)c8ccc(C)cc8)ccc(c5c(-c5ccccc5)c4c4cccc2c43)c76)cc1. The molecule has 0 aromatic heterocycles. The van der Waals surface area contributed by atoms with Crippen molar-refractivity contribution >= 4 is 219 Å². The number of nitrogens with zero attached hydrogens (tertiary/aromatic N) is 4. The van der Waals surface area contributed by atoms with Crippen LogP contribution in [0.1, 0.15) is 66.8 Å². The van der Waals surface area contributed by atoms with E-state index in [1.165, 1.54) is 273 Å². The molecule has 28 aromatic carbocycles. The van der Waals surface area contributed by atoms with Crippen LogP contribution in [-0.2, 0) is 0 Å². The standard InChI is InChI=1S/C78H60N2.C66H48N2/c1-45-31-46(2)36-59(35-45)79(60-37-47(3)32-48(4)38-60)69-29-27-67-73-63(69)19-13-21-65(73)75-71(57-25-23-53-15-9-11-17-55(53)43-57)78-68-28-30-70(80(61-39-49(5)33-50(6)40-61)62-41-51(7)34-52(8)42-62)64-20-14-22-66(74(64)68)76(78)72(77(67)75)58-26-24-54-16-10-12-18-56(54)44-58;1-41-21-29-47(30-22-41)67(48-31-23-42(2)24-32-48)57-39-37-55-61-51(57)17-11-19-53(61)63-59(45-13-7-5-8-14-45)66-56-38-40-58(68(49-33-25-43(3)26-34-49)50-35-27-44(4)28-36-50)52-18-12-20-54(62(52)56)64(66)60(65(55)63)46-15-9-6-10-16-46/h9-44H,1-8H3;5-40H,1-4H3. The smallest absolute Gasteiger partial charge is 0.0540 e. The monoisotopic (exact) mass is 1890 g/mol. The van der Waals surface area contributed by atoms with Crippen molar-refractivity contribution in [1.29, 1.82) is 0 Å². The molecular formula is C144H108N4. The van der Waals surface area contributed by atoms with Gasteiger partial charge in [-0.2, -0.15) is 0 Å². The number of hydrogen-bond donors (Lipinski definition) is 0. The quantitative estimate of drug-likeness (QED) is 0.0956. The molecule has 0 radical (unpaired) electrons. The molecule has 0 aliphatic carbocycles. The summed E-state index contributed by atoms with van der Waals surface area (Å²) in [4.78, 5) is 9.89. The molecule has 0 spiro atoms. The zero-order valence-electron chi connectivity index (χ0n) is 85.4. The summed E-state index contributed by atoms with van der Waals surface area (Å²) in [5, 5.41) is 35.6. The predicted molar refractivity (Wildman–Crippen MR) is 640 cm³/mol. The van der Waals surface area contributed by atoms with E-state index < -0.39 is 0 Å². The number of fused-ring (bicyclic) bond motifs is 14. The van der Waals surface area contributed by atoms with Crippen LogP contribution in [0.25, 0.3) is 195 Å². The van der Waals surface area contributed by atoms with Crippen LogP contribution in [0.3, 0.4) is 0 Å². The Morgan fingerprint density at radius 1 is 0.115 bits per heavy atom. The summed E-state index contributed by atoms with van der Waals surface area (Å²) >= 11 is 0. The minimum atomic E-state index is 1.14. The van der Waals surface area contributed by atoms with Gasteiger partial charge in [-0.1, -0.05) is 326 Å². The van der Waals surface area contributed by atoms with Crippen LogP contribution < -0.4 is 19.6 Å². The third kappa shape index (κ3) is 14.5.